The SMILES string of the molecule is COc1ccc(-c2cnc(-c3cc(Br)c(O)c(O)c3Br)s2)cc1. The van der Waals surface area contributed by atoms with E-state index in [2.05, 4.69) is 36.8 Å². The van der Waals surface area contributed by atoms with E-state index in [4.69, 9.17) is 4.74 Å². The lowest BCUT2D eigenvalue weighted by atomic mass is 10.2. The molecule has 118 valence electrons. The fraction of sp³-hybridized carbons (Fsp3) is 0.0625. The van der Waals surface area contributed by atoms with Crippen LogP contribution in [0.4, 0.5) is 0 Å². The molecule has 0 saturated carbocycles. The van der Waals surface area contributed by atoms with Gasteiger partial charge in [-0.15, -0.1) is 11.3 Å². The van der Waals surface area contributed by atoms with Gasteiger partial charge in [0.25, 0.3) is 0 Å². The molecule has 0 aliphatic rings. The lowest BCUT2D eigenvalue weighted by molar-refractivity contribution is 0.399. The second kappa shape index (κ2) is 6.51. The van der Waals surface area contributed by atoms with Gasteiger partial charge in [-0.25, -0.2) is 4.98 Å². The Labute approximate surface area is 153 Å². The third-order valence-electron chi connectivity index (χ3n) is 3.28. The Balaban J connectivity index is 2.02. The number of benzene rings is 2. The van der Waals surface area contributed by atoms with Gasteiger partial charge in [0.05, 0.1) is 20.9 Å². The molecule has 0 amide bonds. The summed E-state index contributed by atoms with van der Waals surface area (Å²) < 4.78 is 5.98. The Morgan fingerprint density at radius 1 is 1.09 bits per heavy atom. The molecule has 0 unspecified atom stereocenters. The van der Waals surface area contributed by atoms with Gasteiger partial charge >= 0.3 is 0 Å². The van der Waals surface area contributed by atoms with Gasteiger partial charge in [0.15, 0.2) is 11.5 Å². The zero-order chi connectivity index (χ0) is 16.6. The minimum atomic E-state index is -0.212. The summed E-state index contributed by atoms with van der Waals surface area (Å²) in [5, 5.41) is 20.4. The average Bonchev–Trinajstić information content (AvgIpc) is 3.06. The van der Waals surface area contributed by atoms with Crippen molar-refractivity contribution >= 4 is 43.2 Å². The quantitative estimate of drug-likeness (QED) is 0.516. The van der Waals surface area contributed by atoms with Crippen LogP contribution in [0.15, 0.2) is 45.5 Å². The lowest BCUT2D eigenvalue weighted by Gasteiger charge is -2.07. The van der Waals surface area contributed by atoms with E-state index in [1.54, 1.807) is 19.4 Å². The summed E-state index contributed by atoms with van der Waals surface area (Å²) in [4.78, 5) is 5.42. The zero-order valence-corrected chi connectivity index (χ0v) is 15.9. The second-order valence-corrected chi connectivity index (χ2v) is 7.35. The van der Waals surface area contributed by atoms with Crippen molar-refractivity contribution < 1.29 is 14.9 Å². The largest absolute Gasteiger partial charge is 0.503 e. The highest BCUT2D eigenvalue weighted by Crippen LogP contribution is 2.46. The first-order valence-corrected chi connectivity index (χ1v) is 8.92. The molecule has 0 spiro atoms. The maximum absolute atomic E-state index is 9.95. The van der Waals surface area contributed by atoms with Crippen LogP contribution < -0.4 is 4.74 Å². The van der Waals surface area contributed by atoms with Gasteiger partial charge < -0.3 is 14.9 Å². The van der Waals surface area contributed by atoms with E-state index in [9.17, 15) is 10.2 Å². The molecule has 3 aromatic rings. The molecule has 0 saturated heterocycles. The molecule has 4 nitrogen and oxygen atoms in total. The Morgan fingerprint density at radius 3 is 2.43 bits per heavy atom. The zero-order valence-electron chi connectivity index (χ0n) is 11.9. The number of aromatic nitrogens is 1. The number of phenols is 2. The van der Waals surface area contributed by atoms with Crippen molar-refractivity contribution in [1.82, 2.24) is 4.98 Å². The third kappa shape index (κ3) is 3.08. The number of methoxy groups -OCH3 is 1. The minimum Gasteiger partial charge on any atom is -0.503 e. The number of halogens is 2. The van der Waals surface area contributed by atoms with Crippen molar-refractivity contribution in [3.8, 4) is 38.3 Å². The number of rotatable bonds is 3. The van der Waals surface area contributed by atoms with Crippen molar-refractivity contribution in [2.75, 3.05) is 7.11 Å². The van der Waals surface area contributed by atoms with Crippen molar-refractivity contribution in [3.05, 3.63) is 45.5 Å². The number of thiazole rings is 1. The highest BCUT2D eigenvalue weighted by Gasteiger charge is 2.17. The molecular weight excluding hydrogens is 446 g/mol. The molecule has 23 heavy (non-hydrogen) atoms. The molecule has 0 aliphatic heterocycles. The van der Waals surface area contributed by atoms with E-state index >= 15 is 0 Å². The maximum Gasteiger partial charge on any atom is 0.173 e. The molecule has 0 fully saturated rings. The summed E-state index contributed by atoms with van der Waals surface area (Å²) in [6.07, 6.45) is 1.78. The Hall–Kier alpha value is -1.57. The molecule has 1 aromatic heterocycles. The minimum absolute atomic E-state index is 0.201. The summed E-state index contributed by atoms with van der Waals surface area (Å²) >= 11 is 8.03. The number of hydrogen-bond donors (Lipinski definition) is 2. The Kier molecular flexibility index (Phi) is 4.61. The molecule has 0 radical (unpaired) electrons. The first kappa shape index (κ1) is 16.3. The van der Waals surface area contributed by atoms with Crippen LogP contribution in [0.25, 0.3) is 21.0 Å². The Morgan fingerprint density at radius 2 is 1.78 bits per heavy atom. The second-order valence-electron chi connectivity index (χ2n) is 4.68. The molecule has 2 N–H and O–H groups in total. The molecule has 1 heterocycles. The normalized spacial score (nSPS) is 10.7. The van der Waals surface area contributed by atoms with E-state index in [-0.39, 0.29) is 11.5 Å². The molecular formula is C16H11Br2NO3S. The fourth-order valence-corrected chi connectivity index (χ4v) is 4.03. The number of nitrogens with zero attached hydrogens (tertiary/aromatic N) is 1. The van der Waals surface area contributed by atoms with Gasteiger partial charge in [0.1, 0.15) is 10.8 Å². The average molecular weight is 457 g/mol. The van der Waals surface area contributed by atoms with Crippen molar-refractivity contribution in [3.63, 3.8) is 0 Å². The first-order valence-electron chi connectivity index (χ1n) is 6.51. The van der Waals surface area contributed by atoms with Gasteiger partial charge in [0, 0.05) is 11.8 Å². The first-order chi connectivity index (χ1) is 11.0. The number of ether oxygens (including phenoxy) is 1. The molecule has 0 bridgehead atoms. The standard InChI is InChI=1S/C16H11Br2NO3S/c1-22-9-4-2-8(3-5-9)12-7-19-16(23-12)10-6-11(17)14(20)15(21)13(10)18/h2-7,20-21H,1H3. The number of phenolic OH excluding ortho intramolecular Hbond substituents is 2. The highest BCUT2D eigenvalue weighted by atomic mass is 79.9. The van der Waals surface area contributed by atoms with Gasteiger partial charge in [-0.1, -0.05) is 0 Å². The monoisotopic (exact) mass is 455 g/mol. The Bertz CT molecular complexity index is 863. The number of hydrogen-bond acceptors (Lipinski definition) is 5. The van der Waals surface area contributed by atoms with E-state index < -0.39 is 0 Å². The van der Waals surface area contributed by atoms with E-state index in [0.29, 0.717) is 14.5 Å². The van der Waals surface area contributed by atoms with Gasteiger partial charge in [-0.3, -0.25) is 0 Å². The van der Waals surface area contributed by atoms with E-state index in [0.717, 1.165) is 21.2 Å². The smallest absolute Gasteiger partial charge is 0.173 e. The third-order valence-corrected chi connectivity index (χ3v) is 5.76. The fourth-order valence-electron chi connectivity index (χ4n) is 2.05. The van der Waals surface area contributed by atoms with Crippen LogP contribution in [0.1, 0.15) is 0 Å². The lowest BCUT2D eigenvalue weighted by Crippen LogP contribution is -1.82. The van der Waals surface area contributed by atoms with Crippen LogP contribution in [0.3, 0.4) is 0 Å². The van der Waals surface area contributed by atoms with E-state index in [1.165, 1.54) is 11.3 Å². The van der Waals surface area contributed by atoms with E-state index in [1.807, 2.05) is 24.3 Å². The topological polar surface area (TPSA) is 62.6 Å². The van der Waals surface area contributed by atoms with Gasteiger partial charge in [-0.2, -0.15) is 0 Å². The number of aromatic hydroxyl groups is 2. The highest BCUT2D eigenvalue weighted by molar-refractivity contribution is 9.11. The summed E-state index contributed by atoms with van der Waals surface area (Å²) in [5.41, 5.74) is 1.74. The molecule has 3 rings (SSSR count). The summed E-state index contributed by atoms with van der Waals surface area (Å²) in [7, 11) is 1.63. The summed E-state index contributed by atoms with van der Waals surface area (Å²) in [6.45, 7) is 0. The van der Waals surface area contributed by atoms with Crippen LogP contribution in [0.5, 0.6) is 17.2 Å². The molecule has 0 aliphatic carbocycles. The molecule has 2 aromatic carbocycles. The van der Waals surface area contributed by atoms with Gasteiger partial charge in [0.2, 0.25) is 0 Å². The van der Waals surface area contributed by atoms with Crippen LogP contribution in [-0.2, 0) is 0 Å². The van der Waals surface area contributed by atoms with Crippen molar-refractivity contribution in [2.24, 2.45) is 0 Å². The van der Waals surface area contributed by atoms with Gasteiger partial charge in [-0.05, 0) is 67.8 Å². The predicted molar refractivity (Wildman–Crippen MR) is 98.3 cm³/mol. The van der Waals surface area contributed by atoms with Crippen LogP contribution >= 0.6 is 43.2 Å². The summed E-state index contributed by atoms with van der Waals surface area (Å²) in [5.74, 6) is 0.386. The molecule has 7 heteroatoms. The van der Waals surface area contributed by atoms with Crippen LogP contribution in [0.2, 0.25) is 0 Å². The summed E-state index contributed by atoms with van der Waals surface area (Å²) in [6, 6.07) is 9.45. The van der Waals surface area contributed by atoms with Crippen LogP contribution in [-0.4, -0.2) is 22.3 Å². The predicted octanol–water partition coefficient (Wildman–Crippen LogP) is 5.42. The maximum atomic E-state index is 9.95. The molecule has 0 atom stereocenters. The van der Waals surface area contributed by atoms with Crippen molar-refractivity contribution in [1.29, 1.82) is 0 Å². The van der Waals surface area contributed by atoms with Crippen molar-refractivity contribution in [2.45, 2.75) is 0 Å². The van der Waals surface area contributed by atoms with Crippen LogP contribution in [0, 0.1) is 0 Å².